The molecule has 0 aliphatic carbocycles. The lowest BCUT2D eigenvalue weighted by Crippen LogP contribution is -2.45. The Balaban J connectivity index is 1.14. The monoisotopic (exact) mass is 502 g/mol. The summed E-state index contributed by atoms with van der Waals surface area (Å²) < 4.78 is 11.7. The van der Waals surface area contributed by atoms with Crippen molar-refractivity contribution >= 4 is 5.91 Å². The van der Waals surface area contributed by atoms with E-state index in [-0.39, 0.29) is 28.9 Å². The van der Waals surface area contributed by atoms with Crippen molar-refractivity contribution in [3.05, 3.63) is 65.5 Å². The normalized spacial score (nSPS) is 20.2. The van der Waals surface area contributed by atoms with E-state index in [0.29, 0.717) is 18.3 Å². The number of fused-ring (bicyclic) bond motifs is 1. The molecule has 0 saturated carbocycles. The highest BCUT2D eigenvalue weighted by Gasteiger charge is 2.36. The first-order valence-electron chi connectivity index (χ1n) is 13.3. The summed E-state index contributed by atoms with van der Waals surface area (Å²) in [6.45, 7) is 13.0. The third kappa shape index (κ3) is 5.87. The molecule has 1 saturated heterocycles. The van der Waals surface area contributed by atoms with Gasteiger partial charge in [-0.15, -0.1) is 0 Å². The predicted molar refractivity (Wildman–Crippen MR) is 143 cm³/mol. The molecule has 1 unspecified atom stereocenters. The molecule has 3 aromatic rings. The molecule has 1 atom stereocenters. The van der Waals surface area contributed by atoms with Crippen LogP contribution >= 0.6 is 0 Å². The smallest absolute Gasteiger partial charge is 0.241 e. The molecule has 2 aliphatic heterocycles. The lowest BCUT2D eigenvalue weighted by molar-refractivity contribution is -0.127. The van der Waals surface area contributed by atoms with E-state index in [1.165, 1.54) is 5.56 Å². The number of benzene rings is 2. The molecule has 0 radical (unpaired) electrons. The maximum atomic E-state index is 13.2. The molecule has 0 spiro atoms. The summed E-state index contributed by atoms with van der Waals surface area (Å²) >= 11 is 0. The second-order valence-electron chi connectivity index (χ2n) is 12.1. The lowest BCUT2D eigenvalue weighted by Gasteiger charge is -2.39. The van der Waals surface area contributed by atoms with Crippen LogP contribution in [0.25, 0.3) is 11.4 Å². The fourth-order valence-corrected chi connectivity index (χ4v) is 5.32. The number of carbonyl (C=O) groups is 1. The Hall–Kier alpha value is -3.19. The van der Waals surface area contributed by atoms with E-state index < -0.39 is 0 Å². The lowest BCUT2D eigenvalue weighted by atomic mass is 9.87. The predicted octanol–water partition coefficient (Wildman–Crippen LogP) is 5.66. The standard InChI is InChI=1S/C30H38N4O3/c1-29(2,3)22-12-10-20(11-13-22)27-32-26(37-33-27)19-34-16-14-21(15-17-34)28(35)31-24-18-30(4,5)36-25-9-7-6-8-23(24)25/h6-13,21,24H,14-19H2,1-5H3,(H,31,35). The minimum Gasteiger partial charge on any atom is -0.487 e. The van der Waals surface area contributed by atoms with Crippen LogP contribution in [0.5, 0.6) is 5.75 Å². The highest BCUT2D eigenvalue weighted by molar-refractivity contribution is 5.79. The first kappa shape index (κ1) is 25.5. The van der Waals surface area contributed by atoms with Gasteiger partial charge in [0.1, 0.15) is 11.4 Å². The molecule has 2 aromatic carbocycles. The molecule has 7 nitrogen and oxygen atoms in total. The van der Waals surface area contributed by atoms with E-state index in [1.807, 2.05) is 18.2 Å². The number of aromatic nitrogens is 2. The Labute approximate surface area is 219 Å². The summed E-state index contributed by atoms with van der Waals surface area (Å²) in [5, 5.41) is 7.52. The number of carbonyl (C=O) groups excluding carboxylic acids is 1. The van der Waals surface area contributed by atoms with Gasteiger partial charge in [-0.3, -0.25) is 9.69 Å². The molecule has 2 aliphatic rings. The number of para-hydroxylation sites is 1. The Morgan fingerprint density at radius 3 is 2.49 bits per heavy atom. The number of nitrogens with zero attached hydrogens (tertiary/aromatic N) is 3. The molecular weight excluding hydrogens is 464 g/mol. The minimum atomic E-state index is -0.312. The largest absolute Gasteiger partial charge is 0.487 e. The van der Waals surface area contributed by atoms with Gasteiger partial charge in [-0.2, -0.15) is 4.98 Å². The molecule has 3 heterocycles. The molecule has 5 rings (SSSR count). The Bertz CT molecular complexity index is 1230. The van der Waals surface area contributed by atoms with Crippen LogP contribution in [0.4, 0.5) is 0 Å². The SMILES string of the molecule is CC1(C)CC(NC(=O)C2CCN(Cc3nc(-c4ccc(C(C)(C)C)cc4)no3)CC2)c2ccccc2O1. The zero-order chi connectivity index (χ0) is 26.2. The number of likely N-dealkylation sites (tertiary alicyclic amines) is 1. The number of rotatable bonds is 5. The number of hydrogen-bond donors (Lipinski definition) is 1. The minimum absolute atomic E-state index is 0.00828. The van der Waals surface area contributed by atoms with Crippen molar-refractivity contribution in [3.8, 4) is 17.1 Å². The number of piperidine rings is 1. The van der Waals surface area contributed by atoms with E-state index >= 15 is 0 Å². The van der Waals surface area contributed by atoms with Crippen LogP contribution in [0.1, 0.15) is 76.9 Å². The van der Waals surface area contributed by atoms with E-state index in [9.17, 15) is 4.79 Å². The molecule has 7 heteroatoms. The van der Waals surface area contributed by atoms with Crippen molar-refractivity contribution in [2.24, 2.45) is 5.92 Å². The zero-order valence-corrected chi connectivity index (χ0v) is 22.6. The number of ether oxygens (including phenoxy) is 1. The number of amides is 1. The summed E-state index contributed by atoms with van der Waals surface area (Å²) in [4.78, 5) is 20.1. The fraction of sp³-hybridized carbons (Fsp3) is 0.500. The first-order chi connectivity index (χ1) is 17.6. The van der Waals surface area contributed by atoms with Gasteiger partial charge < -0.3 is 14.6 Å². The van der Waals surface area contributed by atoms with Crippen LogP contribution in [0.2, 0.25) is 0 Å². The Kier molecular flexibility index (Phi) is 6.84. The van der Waals surface area contributed by atoms with Crippen LogP contribution in [0.15, 0.2) is 53.1 Å². The third-order valence-corrected chi connectivity index (χ3v) is 7.49. The van der Waals surface area contributed by atoms with Crippen LogP contribution < -0.4 is 10.1 Å². The molecule has 196 valence electrons. The molecule has 1 N–H and O–H groups in total. The molecular formula is C30H38N4O3. The van der Waals surface area contributed by atoms with Crippen molar-refractivity contribution in [2.45, 2.75) is 77.5 Å². The number of nitrogens with one attached hydrogen (secondary N) is 1. The molecule has 37 heavy (non-hydrogen) atoms. The van der Waals surface area contributed by atoms with Crippen molar-refractivity contribution in [2.75, 3.05) is 13.1 Å². The summed E-state index contributed by atoms with van der Waals surface area (Å²) in [6.07, 6.45) is 2.39. The van der Waals surface area contributed by atoms with Crippen molar-refractivity contribution in [1.82, 2.24) is 20.4 Å². The van der Waals surface area contributed by atoms with Gasteiger partial charge >= 0.3 is 0 Å². The first-order valence-corrected chi connectivity index (χ1v) is 13.3. The zero-order valence-electron chi connectivity index (χ0n) is 22.6. The van der Waals surface area contributed by atoms with Gasteiger partial charge in [0.2, 0.25) is 17.6 Å². The van der Waals surface area contributed by atoms with Gasteiger partial charge in [0.25, 0.3) is 0 Å². The average molecular weight is 503 g/mol. The van der Waals surface area contributed by atoms with Gasteiger partial charge in [-0.25, -0.2) is 0 Å². The van der Waals surface area contributed by atoms with Crippen LogP contribution in [-0.2, 0) is 16.8 Å². The Morgan fingerprint density at radius 1 is 1.08 bits per heavy atom. The maximum Gasteiger partial charge on any atom is 0.241 e. The molecule has 0 bridgehead atoms. The van der Waals surface area contributed by atoms with Gasteiger partial charge in [0.05, 0.1) is 12.6 Å². The Morgan fingerprint density at radius 2 is 1.78 bits per heavy atom. The van der Waals surface area contributed by atoms with Crippen LogP contribution in [0.3, 0.4) is 0 Å². The summed E-state index contributed by atoms with van der Waals surface area (Å²) in [7, 11) is 0. The van der Waals surface area contributed by atoms with Gasteiger partial charge in [0.15, 0.2) is 0 Å². The van der Waals surface area contributed by atoms with Crippen molar-refractivity contribution < 1.29 is 14.1 Å². The maximum absolute atomic E-state index is 13.2. The van der Waals surface area contributed by atoms with E-state index in [1.54, 1.807) is 0 Å². The molecule has 1 amide bonds. The average Bonchev–Trinajstić information content (AvgIpc) is 3.32. The van der Waals surface area contributed by atoms with Crippen LogP contribution in [-0.4, -0.2) is 39.6 Å². The summed E-state index contributed by atoms with van der Waals surface area (Å²) in [5.74, 6) is 2.23. The second kappa shape index (κ2) is 9.93. The van der Waals surface area contributed by atoms with Gasteiger partial charge in [0, 0.05) is 23.5 Å². The molecule has 1 aromatic heterocycles. The van der Waals surface area contributed by atoms with Crippen LogP contribution in [0, 0.1) is 5.92 Å². The summed E-state index contributed by atoms with van der Waals surface area (Å²) in [6, 6.07) is 16.3. The topological polar surface area (TPSA) is 80.5 Å². The highest BCUT2D eigenvalue weighted by atomic mass is 16.5. The quantitative estimate of drug-likeness (QED) is 0.485. The van der Waals surface area contributed by atoms with Gasteiger partial charge in [-0.05, 0) is 56.8 Å². The highest BCUT2D eigenvalue weighted by Crippen LogP contribution is 2.39. The molecule has 1 fully saturated rings. The van der Waals surface area contributed by atoms with E-state index in [0.717, 1.165) is 49.2 Å². The van der Waals surface area contributed by atoms with Crippen molar-refractivity contribution in [1.29, 1.82) is 0 Å². The fourth-order valence-electron chi connectivity index (χ4n) is 5.32. The summed E-state index contributed by atoms with van der Waals surface area (Å²) in [5.41, 5.74) is 3.09. The third-order valence-electron chi connectivity index (χ3n) is 7.49. The van der Waals surface area contributed by atoms with Crippen molar-refractivity contribution in [3.63, 3.8) is 0 Å². The second-order valence-corrected chi connectivity index (χ2v) is 12.1. The number of hydrogen-bond acceptors (Lipinski definition) is 6. The van der Waals surface area contributed by atoms with Gasteiger partial charge in [-0.1, -0.05) is 68.4 Å². The van der Waals surface area contributed by atoms with E-state index in [2.05, 4.69) is 85.3 Å². The van der Waals surface area contributed by atoms with E-state index in [4.69, 9.17) is 9.26 Å².